The van der Waals surface area contributed by atoms with Gasteiger partial charge >= 0.3 is 18.3 Å². The molecule has 0 radical (unpaired) electrons. The Hall–Kier alpha value is -11.9. The number of nitrogens with one attached hydrogen (secondary N) is 5. The number of fused-ring (bicyclic) bond motifs is 1. The lowest BCUT2D eigenvalue weighted by molar-refractivity contribution is -0.128. The van der Waals surface area contributed by atoms with Crippen molar-refractivity contribution in [2.75, 3.05) is 87.5 Å². The van der Waals surface area contributed by atoms with E-state index in [9.17, 15) is 36.7 Å². The number of carbonyl (C=O) groups excluding carboxylic acids is 4. The van der Waals surface area contributed by atoms with Gasteiger partial charge in [0.1, 0.15) is 85.1 Å². The number of ether oxygens (including phenoxy) is 3. The van der Waals surface area contributed by atoms with Gasteiger partial charge in [0.2, 0.25) is 17.4 Å². The highest BCUT2D eigenvalue weighted by atomic mass is 35.5. The van der Waals surface area contributed by atoms with Crippen LogP contribution in [0.15, 0.2) is 139 Å². The zero-order valence-electron chi connectivity index (χ0n) is 91.9. The van der Waals surface area contributed by atoms with Gasteiger partial charge < -0.3 is 69.8 Å². The molecule has 0 bridgehead atoms. The standard InChI is InChI=1S/C29H38ClFN6O2.C28H39ClFN5O2.C27H32ClFN6O.C23H27Cl2FN4O2.C5H13N/c1-18-16-37(27(38)39-29(6,7)8)19(2)15-36(18)26(35-32-9)21-14-22(30)24(20-12-10-11-13-23(20)31)34-25(21)33-17-28(3,4)5;1-17-15-35(26(36)37-28(6,7)8)18(2)14-34(17)24(31)20-13-21(29)23(19-11-9-10-12-22(19)30)33-25(20)32-16-27(3,4)5;1-7-22(36)33-13-17(3)34(14-16(33)2)25-19-12-20(28)23(18-10-8-9-11-21(18)29)31-24(19)35(26(30)32-25)15-27(4,5)6;1-13-12-30(22(31)32-23(3,4)5)14(2)11-29(13)21(27)16-10-17(24)19(28-20(16)25)15-8-6-7-9-18(15)26;1-5(2,3)4-6/h10-14,18-19H,15-17H2,1-8H3,(H,33,34);9-13,17-18,31H,14-16H2,1-8H3,(H,32,33);7-12,16-17,30H,1,13-15H2,2-6H3;6-10,13-14,27H,11-12H2,1-5H3;4,6H2,1-3H3/b35-26-;;;;/t18-,19+;17-,18+;16-,17+;13-,14+;/m0010./s1. The Kier molecular flexibility index (Phi) is 40.6. The van der Waals surface area contributed by atoms with Crippen molar-refractivity contribution < 1.29 is 51.0 Å². The summed E-state index contributed by atoms with van der Waals surface area (Å²) in [5, 5.41) is 39.4. The number of pyridine rings is 4. The van der Waals surface area contributed by atoms with Crippen LogP contribution < -0.4 is 26.9 Å². The van der Waals surface area contributed by atoms with Crippen molar-refractivity contribution in [3.05, 3.63) is 216 Å². The molecule has 150 heavy (non-hydrogen) atoms. The second-order valence-corrected chi connectivity index (χ2v) is 48.4. The predicted molar refractivity (Wildman–Crippen MR) is 597 cm³/mol. The summed E-state index contributed by atoms with van der Waals surface area (Å²) >= 11 is 32.8. The van der Waals surface area contributed by atoms with Crippen molar-refractivity contribution in [3.63, 3.8) is 0 Å². The van der Waals surface area contributed by atoms with Gasteiger partial charge in [0, 0.05) is 143 Å². The second kappa shape index (κ2) is 50.1. The molecular formula is C112H149Cl5F4N22O7. The summed E-state index contributed by atoms with van der Waals surface area (Å²) in [6.45, 7) is 74.4. The number of rotatable bonds is 14. The molecule has 0 aliphatic carbocycles. The number of hydrogen-bond acceptors (Lipinski definition) is 20. The zero-order chi connectivity index (χ0) is 112. The molecule has 4 amide bonds. The van der Waals surface area contributed by atoms with Crippen LogP contribution in [0.25, 0.3) is 61.0 Å². The molecule has 4 aliphatic heterocycles. The first-order valence-electron chi connectivity index (χ1n) is 50.3. The number of nitrogens with zero attached hydrogens (tertiary/aromatic N) is 16. The SMILES string of the molecule is C=CC(=O)N1C[C@H](C)N(c2nc(=N)n(CC(C)(C)C)c3nc(-c4ccccc4F)c(Cl)cc23)C[C@H]1C.CC(C)(C)CN.C[C@@H]1CN(C(=N)c2cc(Cl)c(-c3ccccc3F)nc2Cl)[C@@H](C)CN1C(=O)OC(C)(C)C.C[C@@H]1CN(C(=N)c2cc(Cl)c(-c3ccccc3F)nc2NCC(C)(C)C)[C@@H](C)CN1C(=O)OC(C)(C)C.[C-]#[N+]/N=C(/c1cc(Cl)c(-c2ccccc2F)nc1NCC(C)(C)C)N1C[C@@H](C)N(C(=O)OC(C)(C)C)C[C@@H]1C. The number of piperazine rings is 4. The second-order valence-electron chi connectivity index (χ2n) is 46.4. The number of carbonyl (C=O) groups is 4. The van der Waals surface area contributed by atoms with Gasteiger partial charge in [-0.05, 0) is 225 Å². The lowest BCUT2D eigenvalue weighted by atomic mass is 9.96. The molecule has 0 saturated carbocycles. The first-order chi connectivity index (χ1) is 69.5. The van der Waals surface area contributed by atoms with Crippen LogP contribution in [0.4, 0.5) is 49.4 Å². The van der Waals surface area contributed by atoms with Crippen molar-refractivity contribution in [2.45, 2.75) is 272 Å². The molecule has 9 aromatic rings. The minimum absolute atomic E-state index is 0.0558. The molecule has 4 aromatic carbocycles. The van der Waals surface area contributed by atoms with E-state index in [1.165, 1.54) is 30.3 Å². The van der Waals surface area contributed by atoms with Crippen LogP contribution in [0.5, 0.6) is 0 Å². The molecule has 4 saturated heterocycles. The van der Waals surface area contributed by atoms with Gasteiger partial charge in [-0.1, -0.05) is 196 Å². The number of amidine groups is 3. The molecule has 812 valence electrons. The Morgan fingerprint density at radius 3 is 1.11 bits per heavy atom. The first-order valence-corrected chi connectivity index (χ1v) is 52.1. The van der Waals surface area contributed by atoms with Gasteiger partial charge in [0.25, 0.3) is 0 Å². The lowest BCUT2D eigenvalue weighted by Crippen LogP contribution is -2.60. The van der Waals surface area contributed by atoms with Gasteiger partial charge in [-0.25, -0.2) is 51.9 Å². The summed E-state index contributed by atoms with van der Waals surface area (Å²) in [5.74, 6) is 0.450. The third kappa shape index (κ3) is 32.6. The Morgan fingerprint density at radius 1 is 0.440 bits per heavy atom. The molecule has 38 heteroatoms. The van der Waals surface area contributed by atoms with Crippen LogP contribution in [0.3, 0.4) is 0 Å². The Labute approximate surface area is 907 Å². The van der Waals surface area contributed by atoms with E-state index in [1.807, 2.05) is 132 Å². The number of benzene rings is 4. The summed E-state index contributed by atoms with van der Waals surface area (Å²) in [4.78, 5) is 91.9. The number of halogens is 9. The van der Waals surface area contributed by atoms with E-state index in [1.54, 1.807) is 121 Å². The smallest absolute Gasteiger partial charge is 0.410 e. The molecule has 13 rings (SSSR count). The maximum absolute atomic E-state index is 14.7. The Morgan fingerprint density at radius 2 is 0.753 bits per heavy atom. The first kappa shape index (κ1) is 122. The predicted octanol–water partition coefficient (Wildman–Crippen LogP) is 25.4. The van der Waals surface area contributed by atoms with Crippen LogP contribution in [-0.4, -0.2) is 243 Å². The number of anilines is 3. The molecule has 9 heterocycles. The minimum atomic E-state index is -0.607. The van der Waals surface area contributed by atoms with Gasteiger partial charge in [-0.15, -0.1) is 4.95 Å². The normalized spacial score (nSPS) is 18.4. The number of nitrogens with two attached hydrogens (primary N) is 1. The molecule has 0 spiro atoms. The molecule has 4 fully saturated rings. The highest BCUT2D eigenvalue weighted by molar-refractivity contribution is 6.37. The maximum Gasteiger partial charge on any atom is 0.410 e. The fourth-order valence-electron chi connectivity index (χ4n) is 16.8. The van der Waals surface area contributed by atoms with E-state index in [2.05, 4.69) is 120 Å². The largest absolute Gasteiger partial charge is 0.444 e. The van der Waals surface area contributed by atoms with Crippen molar-refractivity contribution in [1.29, 1.82) is 16.2 Å². The monoisotopic (exact) mass is 2170 g/mol. The molecular weight excluding hydrogens is 2020 g/mol. The molecule has 5 aromatic heterocycles. The maximum atomic E-state index is 14.7. The van der Waals surface area contributed by atoms with Gasteiger partial charge in [-0.3, -0.25) is 25.6 Å². The van der Waals surface area contributed by atoms with Crippen LogP contribution in [0.1, 0.15) is 217 Å². The highest BCUT2D eigenvalue weighted by Gasteiger charge is 2.43. The molecule has 4 aliphatic rings. The van der Waals surface area contributed by atoms with Gasteiger partial charge in [-0.2, -0.15) is 11.6 Å². The summed E-state index contributed by atoms with van der Waals surface area (Å²) in [6, 6.07) is 30.7. The number of hydrogen-bond donors (Lipinski definition) is 6. The molecule has 0 unspecified atom stereocenters. The van der Waals surface area contributed by atoms with E-state index < -0.39 is 40.1 Å². The number of aromatic nitrogens is 6. The number of amides is 4. The average Bonchev–Trinajstić information content (AvgIpc) is 0.743. The highest BCUT2D eigenvalue weighted by Crippen LogP contribution is 2.42. The fourth-order valence-corrected chi connectivity index (χ4v) is 18.0. The summed E-state index contributed by atoms with van der Waals surface area (Å²) in [7, 11) is 0. The third-order valence-electron chi connectivity index (χ3n) is 24.4. The quantitative estimate of drug-likeness (QED) is 0.00861. The van der Waals surface area contributed by atoms with E-state index in [4.69, 9.17) is 121 Å². The van der Waals surface area contributed by atoms with Crippen molar-refractivity contribution >= 4 is 128 Å². The Bertz CT molecular complexity index is 6520. The average molecular weight is 2170 g/mol. The minimum Gasteiger partial charge on any atom is -0.444 e. The van der Waals surface area contributed by atoms with Crippen molar-refractivity contribution in [3.8, 4) is 45.0 Å². The summed E-state index contributed by atoms with van der Waals surface area (Å²) < 4.78 is 76.7. The molecule has 8 atom stereocenters. The summed E-state index contributed by atoms with van der Waals surface area (Å²) in [6.07, 6.45) is 0.224. The summed E-state index contributed by atoms with van der Waals surface area (Å²) in [5.41, 5.74) is 7.84. The van der Waals surface area contributed by atoms with Crippen molar-refractivity contribution in [1.82, 2.24) is 63.8 Å². The topological polar surface area (TPSA) is 330 Å². The fraction of sp³-hybridized carbons (Fsp3) is 0.500. The van der Waals surface area contributed by atoms with E-state index in [-0.39, 0.29) is 143 Å². The van der Waals surface area contributed by atoms with Gasteiger partial charge in [0.15, 0.2) is 0 Å². The third-order valence-corrected chi connectivity index (χ3v) is 25.9. The van der Waals surface area contributed by atoms with Crippen LogP contribution in [-0.2, 0) is 25.5 Å². The van der Waals surface area contributed by atoms with E-state index in [0.717, 1.165) is 6.54 Å². The van der Waals surface area contributed by atoms with Crippen LogP contribution in [0, 0.1) is 67.7 Å². The van der Waals surface area contributed by atoms with E-state index >= 15 is 0 Å². The van der Waals surface area contributed by atoms with Crippen LogP contribution >= 0.6 is 58.0 Å². The van der Waals surface area contributed by atoms with E-state index in [0.29, 0.717) is 162 Å². The lowest BCUT2D eigenvalue weighted by Gasteiger charge is -2.45. The van der Waals surface area contributed by atoms with Crippen LogP contribution in [0.2, 0.25) is 25.2 Å². The molecule has 7 N–H and O–H groups in total. The zero-order valence-corrected chi connectivity index (χ0v) is 95.7. The van der Waals surface area contributed by atoms with Crippen molar-refractivity contribution in [2.24, 2.45) is 32.5 Å². The Balaban J connectivity index is 0.000000218. The van der Waals surface area contributed by atoms with Gasteiger partial charge in [0.05, 0.1) is 64.9 Å². The molecule has 29 nitrogen and oxygen atoms in total.